The Morgan fingerprint density at radius 2 is 1.65 bits per heavy atom. The fourth-order valence-corrected chi connectivity index (χ4v) is 4.15. The van der Waals surface area contributed by atoms with Crippen LogP contribution < -0.4 is 5.32 Å². The Labute approximate surface area is 208 Å². The average Bonchev–Trinajstić information content (AvgIpc) is 3.25. The summed E-state index contributed by atoms with van der Waals surface area (Å²) in [5.74, 6) is -0.347. The summed E-state index contributed by atoms with van der Waals surface area (Å²) in [5, 5.41) is 13.4. The number of hydrogen-bond acceptors (Lipinski definition) is 4. The van der Waals surface area contributed by atoms with Gasteiger partial charge in [0.2, 0.25) is 0 Å². The van der Waals surface area contributed by atoms with E-state index < -0.39 is 0 Å². The summed E-state index contributed by atoms with van der Waals surface area (Å²) >= 11 is 6.23. The molecule has 2 aromatic carbocycles. The van der Waals surface area contributed by atoms with Gasteiger partial charge in [-0.3, -0.25) is 0 Å². The van der Waals surface area contributed by atoms with Crippen molar-refractivity contribution in [2.45, 2.75) is 59.0 Å². The predicted octanol–water partition coefficient (Wildman–Crippen LogP) is 6.17. The third-order valence-electron chi connectivity index (χ3n) is 5.88. The first-order valence-corrected chi connectivity index (χ1v) is 12.8. The third-order valence-corrected chi connectivity index (χ3v) is 6.23. The molecule has 0 spiro atoms. The van der Waals surface area contributed by atoms with E-state index in [-0.39, 0.29) is 5.82 Å². The molecule has 0 radical (unpaired) electrons. The molecular formula is C27H37ClFN5. The maximum Gasteiger partial charge on any atom is 0.124 e. The van der Waals surface area contributed by atoms with Gasteiger partial charge in [0, 0.05) is 17.1 Å². The van der Waals surface area contributed by atoms with Crippen molar-refractivity contribution in [1.82, 2.24) is 25.2 Å². The van der Waals surface area contributed by atoms with Crippen molar-refractivity contribution in [1.29, 1.82) is 0 Å². The van der Waals surface area contributed by atoms with Crippen LogP contribution in [0.5, 0.6) is 0 Å². The molecule has 34 heavy (non-hydrogen) atoms. The first-order valence-electron chi connectivity index (χ1n) is 12.5. The van der Waals surface area contributed by atoms with Crippen molar-refractivity contribution >= 4 is 11.6 Å². The van der Waals surface area contributed by atoms with E-state index in [4.69, 9.17) is 21.8 Å². The second-order valence-corrected chi connectivity index (χ2v) is 9.11. The molecule has 7 heteroatoms. The van der Waals surface area contributed by atoms with Gasteiger partial charge in [0.25, 0.3) is 0 Å². The Balaban J connectivity index is 1.62. The third kappa shape index (κ3) is 8.19. The van der Waals surface area contributed by atoms with E-state index >= 15 is 0 Å². The number of nitrogens with zero attached hydrogens (tertiary/aromatic N) is 4. The average molecular weight is 486 g/mol. The minimum atomic E-state index is -0.347. The lowest BCUT2D eigenvalue weighted by molar-refractivity contribution is 0.261. The van der Waals surface area contributed by atoms with Gasteiger partial charge in [-0.05, 0) is 63.1 Å². The fourth-order valence-electron chi connectivity index (χ4n) is 3.93. The number of nitrogens with one attached hydrogen (secondary N) is 1. The standard InChI is InChI=1S/C27H37ClFN5/c1-3-5-16-33(17-6-4-2)18-10-15-30-20-26-27(22-11-8-7-9-12-22)32-34(31-26)21-23-13-14-24(29)19-25(23)28/h7-9,11-14,19,30H,3-6,10,15-18,20-21H2,1-2H3. The van der Waals surface area contributed by atoms with Crippen LogP contribution in [-0.4, -0.2) is 46.1 Å². The number of hydrogen-bond donors (Lipinski definition) is 1. The highest BCUT2D eigenvalue weighted by molar-refractivity contribution is 6.31. The van der Waals surface area contributed by atoms with Gasteiger partial charge in [0.1, 0.15) is 17.2 Å². The van der Waals surface area contributed by atoms with Crippen molar-refractivity contribution in [2.75, 3.05) is 26.2 Å². The zero-order valence-corrected chi connectivity index (χ0v) is 21.2. The maximum atomic E-state index is 13.4. The summed E-state index contributed by atoms with van der Waals surface area (Å²) in [6.07, 6.45) is 6.11. The molecule has 0 saturated heterocycles. The zero-order valence-electron chi connectivity index (χ0n) is 20.4. The SMILES string of the molecule is CCCCN(CCCC)CCCNCc1nn(Cc2ccc(F)cc2Cl)nc1-c1ccccc1. The predicted molar refractivity (Wildman–Crippen MR) is 139 cm³/mol. The highest BCUT2D eigenvalue weighted by atomic mass is 35.5. The van der Waals surface area contributed by atoms with Crippen molar-refractivity contribution in [3.8, 4) is 11.3 Å². The summed E-state index contributed by atoms with van der Waals surface area (Å²) in [4.78, 5) is 4.24. The molecule has 1 heterocycles. The lowest BCUT2D eigenvalue weighted by Crippen LogP contribution is -2.29. The molecule has 3 aromatic rings. The molecule has 0 aliphatic heterocycles. The van der Waals surface area contributed by atoms with Gasteiger partial charge in [0.05, 0.1) is 6.54 Å². The molecule has 0 fully saturated rings. The second kappa shape index (κ2) is 14.2. The zero-order chi connectivity index (χ0) is 24.2. The quantitative estimate of drug-likeness (QED) is 0.261. The van der Waals surface area contributed by atoms with Crippen molar-refractivity contribution in [3.63, 3.8) is 0 Å². The first-order chi connectivity index (χ1) is 16.6. The highest BCUT2D eigenvalue weighted by Gasteiger charge is 2.14. The van der Waals surface area contributed by atoms with Gasteiger partial charge in [-0.15, -0.1) is 0 Å². The Morgan fingerprint density at radius 1 is 0.941 bits per heavy atom. The Kier molecular flexibility index (Phi) is 11.0. The summed E-state index contributed by atoms with van der Waals surface area (Å²) in [7, 11) is 0. The van der Waals surface area contributed by atoms with Crippen LogP contribution in [0.2, 0.25) is 5.02 Å². The number of aromatic nitrogens is 3. The minimum Gasteiger partial charge on any atom is -0.311 e. The van der Waals surface area contributed by atoms with Gasteiger partial charge in [-0.2, -0.15) is 15.0 Å². The molecule has 3 rings (SSSR count). The van der Waals surface area contributed by atoms with E-state index in [1.807, 2.05) is 30.3 Å². The largest absolute Gasteiger partial charge is 0.311 e. The number of halogens is 2. The van der Waals surface area contributed by atoms with E-state index in [2.05, 4.69) is 24.1 Å². The number of unbranched alkanes of at least 4 members (excludes halogenated alkanes) is 2. The van der Waals surface area contributed by atoms with Gasteiger partial charge in [0.15, 0.2) is 0 Å². The molecular weight excluding hydrogens is 449 g/mol. The van der Waals surface area contributed by atoms with Gasteiger partial charge in [-0.25, -0.2) is 4.39 Å². The Hall–Kier alpha value is -2.28. The Bertz CT molecular complexity index is 984. The molecule has 5 nitrogen and oxygen atoms in total. The van der Waals surface area contributed by atoms with E-state index in [1.54, 1.807) is 10.9 Å². The lowest BCUT2D eigenvalue weighted by Gasteiger charge is -2.21. The van der Waals surface area contributed by atoms with Crippen LogP contribution in [0.3, 0.4) is 0 Å². The molecule has 0 amide bonds. The molecule has 0 atom stereocenters. The highest BCUT2D eigenvalue weighted by Crippen LogP contribution is 2.22. The lowest BCUT2D eigenvalue weighted by atomic mass is 10.1. The van der Waals surface area contributed by atoms with Gasteiger partial charge < -0.3 is 10.2 Å². The van der Waals surface area contributed by atoms with Crippen molar-refractivity contribution < 1.29 is 4.39 Å². The first kappa shape index (κ1) is 26.3. The monoisotopic (exact) mass is 485 g/mol. The van der Waals surface area contributed by atoms with Crippen LogP contribution in [0.4, 0.5) is 4.39 Å². The molecule has 184 valence electrons. The van der Waals surface area contributed by atoms with Crippen LogP contribution in [0.15, 0.2) is 48.5 Å². The number of benzene rings is 2. The molecule has 1 N–H and O–H groups in total. The fraction of sp³-hybridized carbons (Fsp3) is 0.481. The second-order valence-electron chi connectivity index (χ2n) is 8.71. The maximum absolute atomic E-state index is 13.4. The topological polar surface area (TPSA) is 46.0 Å². The van der Waals surface area contributed by atoms with Crippen molar-refractivity contribution in [3.05, 3.63) is 70.6 Å². The van der Waals surface area contributed by atoms with Crippen LogP contribution in [-0.2, 0) is 13.1 Å². The molecule has 0 saturated carbocycles. The molecule has 0 aliphatic rings. The van der Waals surface area contributed by atoms with Gasteiger partial charge >= 0.3 is 0 Å². The summed E-state index contributed by atoms with van der Waals surface area (Å²) < 4.78 is 13.4. The van der Waals surface area contributed by atoms with E-state index in [0.717, 1.165) is 42.0 Å². The van der Waals surface area contributed by atoms with Crippen LogP contribution >= 0.6 is 11.6 Å². The molecule has 1 aromatic heterocycles. The normalized spacial score (nSPS) is 11.4. The van der Waals surface area contributed by atoms with E-state index in [9.17, 15) is 4.39 Å². The smallest absolute Gasteiger partial charge is 0.124 e. The molecule has 0 unspecified atom stereocenters. The molecule has 0 aliphatic carbocycles. The summed E-state index contributed by atoms with van der Waals surface area (Å²) in [5.41, 5.74) is 3.58. The van der Waals surface area contributed by atoms with E-state index in [1.165, 1.54) is 50.9 Å². The Morgan fingerprint density at radius 3 is 2.32 bits per heavy atom. The van der Waals surface area contributed by atoms with E-state index in [0.29, 0.717) is 18.1 Å². The van der Waals surface area contributed by atoms with Crippen LogP contribution in [0, 0.1) is 5.82 Å². The van der Waals surface area contributed by atoms with Gasteiger partial charge in [-0.1, -0.05) is 74.7 Å². The van der Waals surface area contributed by atoms with Crippen LogP contribution in [0.1, 0.15) is 57.2 Å². The minimum absolute atomic E-state index is 0.347. The van der Waals surface area contributed by atoms with Crippen LogP contribution in [0.25, 0.3) is 11.3 Å². The number of rotatable bonds is 15. The summed E-state index contributed by atoms with van der Waals surface area (Å²) in [6.45, 7) is 9.97. The molecule has 0 bridgehead atoms. The van der Waals surface area contributed by atoms with Crippen molar-refractivity contribution in [2.24, 2.45) is 0 Å². The summed E-state index contributed by atoms with van der Waals surface area (Å²) in [6, 6.07) is 14.5.